The van der Waals surface area contributed by atoms with Crippen molar-refractivity contribution >= 4 is 17.9 Å². The first-order valence-corrected chi connectivity index (χ1v) is 10.2. The Morgan fingerprint density at radius 1 is 1.42 bits per heavy atom. The van der Waals surface area contributed by atoms with Crippen molar-refractivity contribution in [1.29, 1.82) is 0 Å². The number of ether oxygens (including phenoxy) is 5. The van der Waals surface area contributed by atoms with Gasteiger partial charge in [0.25, 0.3) is 0 Å². The summed E-state index contributed by atoms with van der Waals surface area (Å²) in [5.74, 6) is -2.41. The highest BCUT2D eigenvalue weighted by molar-refractivity contribution is 5.92. The van der Waals surface area contributed by atoms with E-state index in [1.165, 1.54) is 13.0 Å². The summed E-state index contributed by atoms with van der Waals surface area (Å²) < 4.78 is 27.8. The van der Waals surface area contributed by atoms with Crippen LogP contribution in [0.4, 0.5) is 0 Å². The molecule has 3 heterocycles. The summed E-state index contributed by atoms with van der Waals surface area (Å²) in [6, 6.07) is 0. The van der Waals surface area contributed by atoms with Gasteiger partial charge in [-0.3, -0.25) is 4.79 Å². The Morgan fingerprint density at radius 2 is 2.16 bits per heavy atom. The Hall–Kier alpha value is -2.49. The van der Waals surface area contributed by atoms with Crippen LogP contribution in [0.1, 0.15) is 27.2 Å². The number of fused-ring (bicyclic) bond motifs is 4. The van der Waals surface area contributed by atoms with Crippen LogP contribution in [0.3, 0.4) is 0 Å². The van der Waals surface area contributed by atoms with Gasteiger partial charge in [-0.25, -0.2) is 9.59 Å². The quantitative estimate of drug-likeness (QED) is 0.219. The number of carbonyl (C=O) groups is 3. The van der Waals surface area contributed by atoms with Gasteiger partial charge in [-0.15, -0.1) is 0 Å². The van der Waals surface area contributed by atoms with E-state index in [-0.39, 0.29) is 42.7 Å². The molecule has 4 rings (SSSR count). The molecule has 168 valence electrons. The van der Waals surface area contributed by atoms with Crippen LogP contribution in [-0.4, -0.2) is 72.3 Å². The molecule has 3 saturated heterocycles. The van der Waals surface area contributed by atoms with E-state index < -0.39 is 41.6 Å². The van der Waals surface area contributed by atoms with Crippen LogP contribution < -0.4 is 0 Å². The molecule has 3 aliphatic heterocycles. The molecule has 0 aromatic carbocycles. The first-order valence-electron chi connectivity index (χ1n) is 10.2. The molecule has 9 nitrogen and oxygen atoms in total. The van der Waals surface area contributed by atoms with Crippen molar-refractivity contribution in [2.24, 2.45) is 5.92 Å². The zero-order valence-corrected chi connectivity index (χ0v) is 17.7. The maximum absolute atomic E-state index is 12.8. The molecule has 0 aromatic rings. The Morgan fingerprint density at radius 3 is 2.81 bits per heavy atom. The summed E-state index contributed by atoms with van der Waals surface area (Å²) in [6.07, 6.45) is 1.23. The van der Waals surface area contributed by atoms with Gasteiger partial charge in [0.1, 0.15) is 37.1 Å². The van der Waals surface area contributed by atoms with Crippen molar-refractivity contribution in [3.8, 4) is 0 Å². The number of epoxide rings is 2. The molecule has 0 saturated carbocycles. The summed E-state index contributed by atoms with van der Waals surface area (Å²) in [7, 11) is 0. The molecular formula is C22H26O9. The van der Waals surface area contributed by atoms with Crippen LogP contribution in [0, 0.1) is 5.92 Å². The maximum atomic E-state index is 12.8. The van der Waals surface area contributed by atoms with E-state index in [4.69, 9.17) is 23.7 Å². The third-order valence-electron chi connectivity index (χ3n) is 6.26. The van der Waals surface area contributed by atoms with Crippen molar-refractivity contribution in [3.63, 3.8) is 0 Å². The number of aliphatic hydroxyl groups is 1. The summed E-state index contributed by atoms with van der Waals surface area (Å²) in [6.45, 7) is 8.16. The molecule has 0 spiro atoms. The van der Waals surface area contributed by atoms with E-state index in [2.05, 4.69) is 6.58 Å². The number of rotatable bonds is 5. The van der Waals surface area contributed by atoms with Crippen molar-refractivity contribution in [1.82, 2.24) is 0 Å². The molecule has 4 aliphatic rings. The van der Waals surface area contributed by atoms with Gasteiger partial charge in [0, 0.05) is 18.9 Å². The summed E-state index contributed by atoms with van der Waals surface area (Å²) in [5, 5.41) is 9.82. The number of carbonyl (C=O) groups excluding carboxylic acids is 3. The maximum Gasteiger partial charge on any atom is 0.337 e. The zero-order chi connectivity index (χ0) is 22.5. The monoisotopic (exact) mass is 434 g/mol. The molecule has 1 unspecified atom stereocenters. The predicted octanol–water partition coefficient (Wildman–Crippen LogP) is 0.753. The molecule has 0 aromatic heterocycles. The first kappa shape index (κ1) is 21.7. The Balaban J connectivity index is 1.63. The van der Waals surface area contributed by atoms with Crippen molar-refractivity contribution < 1.29 is 43.2 Å². The molecule has 0 radical (unpaired) electrons. The van der Waals surface area contributed by atoms with E-state index in [1.807, 2.05) is 6.92 Å². The highest BCUT2D eigenvalue weighted by Crippen LogP contribution is 2.53. The third-order valence-corrected chi connectivity index (χ3v) is 6.26. The number of hydrogen-bond acceptors (Lipinski definition) is 9. The van der Waals surface area contributed by atoms with E-state index in [0.717, 1.165) is 0 Å². The number of aliphatic hydroxyl groups excluding tert-OH is 1. The first-order chi connectivity index (χ1) is 14.7. The fourth-order valence-electron chi connectivity index (χ4n) is 4.41. The molecule has 1 N–H and O–H groups in total. The molecule has 3 fully saturated rings. The molecule has 9 heteroatoms. The Kier molecular flexibility index (Phi) is 5.53. The van der Waals surface area contributed by atoms with E-state index in [0.29, 0.717) is 12.0 Å². The summed E-state index contributed by atoms with van der Waals surface area (Å²) >= 11 is 0. The fourth-order valence-corrected chi connectivity index (χ4v) is 4.41. The minimum Gasteiger partial charge on any atom is -0.461 e. The van der Waals surface area contributed by atoms with Crippen LogP contribution in [0.25, 0.3) is 0 Å². The molecular weight excluding hydrogens is 408 g/mol. The van der Waals surface area contributed by atoms with Crippen LogP contribution in [-0.2, 0) is 38.1 Å². The lowest BCUT2D eigenvalue weighted by Gasteiger charge is -2.28. The topological polar surface area (TPSA) is 124 Å². The molecule has 0 amide bonds. The molecule has 1 aliphatic carbocycles. The Bertz CT molecular complexity index is 887. The second-order valence-corrected chi connectivity index (χ2v) is 8.44. The molecule has 7 atom stereocenters. The molecule has 31 heavy (non-hydrogen) atoms. The van der Waals surface area contributed by atoms with Gasteiger partial charge in [0.05, 0.1) is 23.7 Å². The second kappa shape index (κ2) is 7.89. The van der Waals surface area contributed by atoms with Gasteiger partial charge in [-0.05, 0) is 25.5 Å². The smallest absolute Gasteiger partial charge is 0.337 e. The van der Waals surface area contributed by atoms with Crippen LogP contribution >= 0.6 is 0 Å². The largest absolute Gasteiger partial charge is 0.461 e. The van der Waals surface area contributed by atoms with Gasteiger partial charge in [-0.1, -0.05) is 12.7 Å². The minimum absolute atomic E-state index is 0.176. The minimum atomic E-state index is -0.787. The number of esters is 3. The lowest BCUT2D eigenvalue weighted by atomic mass is 9.82. The standard InChI is InChI=1S/C22H26O9/c1-5-12(9-27-11(3)24)21(26)29-15-7-22(4)19(31-22)18-17(30-18)13(8-23)6-14-16(15)10(2)20(25)28-14/h5-6,14-19,23H,2,7-9H2,1,3-4H3/b12-5-,13-6+/t14-,15-,16+,17+,18+,19+,22?/m1/s1. The lowest BCUT2D eigenvalue weighted by Crippen LogP contribution is -2.38. The summed E-state index contributed by atoms with van der Waals surface area (Å²) in [4.78, 5) is 36.3. The van der Waals surface area contributed by atoms with Crippen molar-refractivity contribution in [3.05, 3.63) is 35.5 Å². The highest BCUT2D eigenvalue weighted by atomic mass is 16.7. The van der Waals surface area contributed by atoms with Crippen LogP contribution in [0.15, 0.2) is 35.5 Å². The van der Waals surface area contributed by atoms with Gasteiger partial charge < -0.3 is 28.8 Å². The lowest BCUT2D eigenvalue weighted by molar-refractivity contribution is -0.150. The zero-order valence-electron chi connectivity index (χ0n) is 17.7. The van der Waals surface area contributed by atoms with Crippen molar-refractivity contribution in [2.75, 3.05) is 13.2 Å². The molecule has 0 bridgehead atoms. The average molecular weight is 434 g/mol. The predicted molar refractivity (Wildman–Crippen MR) is 105 cm³/mol. The Labute approximate surface area is 179 Å². The van der Waals surface area contributed by atoms with E-state index in [9.17, 15) is 19.5 Å². The highest BCUT2D eigenvalue weighted by Gasteiger charge is 2.67. The van der Waals surface area contributed by atoms with E-state index >= 15 is 0 Å². The van der Waals surface area contributed by atoms with Gasteiger partial charge in [-0.2, -0.15) is 0 Å². The van der Waals surface area contributed by atoms with Gasteiger partial charge in [0.15, 0.2) is 0 Å². The number of hydrogen-bond donors (Lipinski definition) is 1. The fraction of sp³-hybridized carbons (Fsp3) is 0.591. The number of allylic oxidation sites excluding steroid dienone is 1. The third kappa shape index (κ3) is 4.05. The van der Waals surface area contributed by atoms with Crippen molar-refractivity contribution in [2.45, 2.75) is 63.3 Å². The van der Waals surface area contributed by atoms with Gasteiger partial charge >= 0.3 is 17.9 Å². The average Bonchev–Trinajstić information content (AvgIpc) is 3.59. The second-order valence-electron chi connectivity index (χ2n) is 8.44. The van der Waals surface area contributed by atoms with Crippen LogP contribution in [0.5, 0.6) is 0 Å². The van der Waals surface area contributed by atoms with Crippen LogP contribution in [0.2, 0.25) is 0 Å². The van der Waals surface area contributed by atoms with E-state index in [1.54, 1.807) is 13.0 Å². The van der Waals surface area contributed by atoms with Gasteiger partial charge in [0.2, 0.25) is 0 Å². The normalized spacial score (nSPS) is 40.4. The SMILES string of the molecule is C=C1C(=O)O[C@@H]2/C=C(\CO)[C@@H]3O[C@@H]3[C@@H]3OC3(C)C[C@@H](OC(=O)/C(=C\C)COC(C)=O)[C@@H]12. The summed E-state index contributed by atoms with van der Waals surface area (Å²) in [5.41, 5.74) is 0.338.